The zero-order chi connectivity index (χ0) is 14.2. The topological polar surface area (TPSA) is 83.8 Å². The molecule has 0 bridgehead atoms. The van der Waals surface area contributed by atoms with E-state index in [1.807, 2.05) is 0 Å². The van der Waals surface area contributed by atoms with Crippen molar-refractivity contribution in [1.82, 2.24) is 0 Å². The van der Waals surface area contributed by atoms with Crippen molar-refractivity contribution >= 4 is 35.1 Å². The first-order valence-corrected chi connectivity index (χ1v) is 6.22. The van der Waals surface area contributed by atoms with E-state index in [1.54, 1.807) is 0 Å². The van der Waals surface area contributed by atoms with Gasteiger partial charge in [-0.2, -0.15) is 0 Å². The molecular formula is C12H10Cl2O5. The van der Waals surface area contributed by atoms with Crippen molar-refractivity contribution in [2.45, 2.75) is 24.5 Å². The van der Waals surface area contributed by atoms with Crippen LogP contribution in [0.4, 0.5) is 0 Å². The van der Waals surface area contributed by atoms with Crippen molar-refractivity contribution < 1.29 is 24.5 Å². The van der Waals surface area contributed by atoms with Gasteiger partial charge in [-0.3, -0.25) is 0 Å². The molecule has 0 amide bonds. The monoisotopic (exact) mass is 304 g/mol. The molecule has 2 rings (SSSR count). The Morgan fingerprint density at radius 3 is 2.47 bits per heavy atom. The molecule has 0 saturated carbocycles. The lowest BCUT2D eigenvalue weighted by atomic mass is 9.90. The third-order valence-corrected chi connectivity index (χ3v) is 3.64. The zero-order valence-electron chi connectivity index (χ0n) is 9.60. The minimum atomic E-state index is -1.73. The summed E-state index contributed by atoms with van der Waals surface area (Å²) in [6.45, 7) is 0. The fraction of sp³-hybridized carbons (Fsp3) is 0.333. The van der Waals surface area contributed by atoms with Crippen molar-refractivity contribution in [2.24, 2.45) is 0 Å². The lowest BCUT2D eigenvalue weighted by Crippen LogP contribution is -2.37. The summed E-state index contributed by atoms with van der Waals surface area (Å²) >= 11 is 11.8. The molecule has 102 valence electrons. The molecule has 19 heavy (non-hydrogen) atoms. The van der Waals surface area contributed by atoms with Crippen LogP contribution in [0.25, 0.3) is 0 Å². The van der Waals surface area contributed by atoms with Crippen molar-refractivity contribution in [3.05, 3.63) is 33.8 Å². The van der Waals surface area contributed by atoms with Gasteiger partial charge in [-0.05, 0) is 25.0 Å². The van der Waals surface area contributed by atoms with Crippen molar-refractivity contribution in [3.63, 3.8) is 0 Å². The van der Waals surface area contributed by atoms with E-state index in [9.17, 15) is 14.7 Å². The van der Waals surface area contributed by atoms with Gasteiger partial charge < -0.3 is 14.9 Å². The number of ether oxygens (including phenoxy) is 1. The molecule has 2 N–H and O–H groups in total. The maximum absolute atomic E-state index is 11.5. The fourth-order valence-electron chi connectivity index (χ4n) is 2.16. The highest BCUT2D eigenvalue weighted by Gasteiger charge is 2.51. The summed E-state index contributed by atoms with van der Waals surface area (Å²) in [4.78, 5) is 22.4. The van der Waals surface area contributed by atoms with Crippen molar-refractivity contribution in [3.8, 4) is 0 Å². The summed E-state index contributed by atoms with van der Waals surface area (Å²) in [6, 6.07) is 4.34. The summed E-state index contributed by atoms with van der Waals surface area (Å²) in [7, 11) is 0. The van der Waals surface area contributed by atoms with Gasteiger partial charge in [0.15, 0.2) is 11.7 Å². The summed E-state index contributed by atoms with van der Waals surface area (Å²) in [6.07, 6.45) is -0.996. The molecule has 1 heterocycles. The fourth-order valence-corrected chi connectivity index (χ4v) is 2.72. The Bertz CT molecular complexity index is 545. The minimum Gasteiger partial charge on any atom is -0.479 e. The van der Waals surface area contributed by atoms with Crippen LogP contribution in [0.3, 0.4) is 0 Å². The molecule has 1 aliphatic rings. The van der Waals surface area contributed by atoms with Crippen LogP contribution < -0.4 is 0 Å². The van der Waals surface area contributed by atoms with Gasteiger partial charge in [-0.25, -0.2) is 9.59 Å². The van der Waals surface area contributed by atoms with Crippen LogP contribution in [0.5, 0.6) is 0 Å². The normalized spacial score (nSPS) is 26.3. The van der Waals surface area contributed by atoms with Crippen LogP contribution in [0.1, 0.15) is 18.4 Å². The summed E-state index contributed by atoms with van der Waals surface area (Å²) < 4.78 is 5.25. The minimum absolute atomic E-state index is 0.0423. The number of hydrogen-bond acceptors (Lipinski definition) is 3. The van der Waals surface area contributed by atoms with Gasteiger partial charge in [-0.15, -0.1) is 0 Å². The number of hydrogen-bond donors (Lipinski definition) is 2. The molecule has 0 aromatic heterocycles. The quantitative estimate of drug-likeness (QED) is 0.896. The molecule has 1 aliphatic heterocycles. The lowest BCUT2D eigenvalue weighted by Gasteiger charge is -2.25. The number of aliphatic carboxylic acids is 2. The molecule has 0 spiro atoms. The van der Waals surface area contributed by atoms with Gasteiger partial charge in [0, 0.05) is 15.6 Å². The second kappa shape index (κ2) is 5.00. The van der Waals surface area contributed by atoms with E-state index in [-0.39, 0.29) is 23.4 Å². The van der Waals surface area contributed by atoms with Crippen LogP contribution in [0.15, 0.2) is 18.2 Å². The molecule has 1 fully saturated rings. The Morgan fingerprint density at radius 2 is 2.00 bits per heavy atom. The molecule has 7 heteroatoms. The van der Waals surface area contributed by atoms with Crippen molar-refractivity contribution in [1.29, 1.82) is 0 Å². The Kier molecular flexibility index (Phi) is 3.71. The summed E-state index contributed by atoms with van der Waals surface area (Å²) in [5, 5.41) is 18.8. The van der Waals surface area contributed by atoms with E-state index >= 15 is 0 Å². The van der Waals surface area contributed by atoms with Crippen molar-refractivity contribution in [2.75, 3.05) is 0 Å². The molecule has 0 radical (unpaired) electrons. The first-order valence-electron chi connectivity index (χ1n) is 5.46. The Balaban J connectivity index is 2.47. The number of carboxylic acids is 2. The van der Waals surface area contributed by atoms with Gasteiger partial charge >= 0.3 is 11.9 Å². The highest BCUT2D eigenvalue weighted by molar-refractivity contribution is 6.35. The largest absolute Gasteiger partial charge is 0.479 e. The van der Waals surface area contributed by atoms with E-state index in [4.69, 9.17) is 33.0 Å². The maximum atomic E-state index is 11.5. The van der Waals surface area contributed by atoms with Crippen LogP contribution in [-0.4, -0.2) is 28.3 Å². The standard InChI is InChI=1S/C12H10Cl2O5/c13-6-1-2-7(8(14)5-6)12(11(17)18)4-3-9(19-12)10(15)16/h1-2,5,9H,3-4H2,(H,15,16)(H,17,18). The molecular weight excluding hydrogens is 295 g/mol. The molecule has 0 aliphatic carbocycles. The number of benzene rings is 1. The Labute approximate surface area is 118 Å². The van der Waals surface area contributed by atoms with Crippen LogP contribution in [-0.2, 0) is 19.9 Å². The summed E-state index contributed by atoms with van der Waals surface area (Å²) in [5.41, 5.74) is -1.51. The first-order chi connectivity index (χ1) is 8.86. The van der Waals surface area contributed by atoms with E-state index < -0.39 is 23.6 Å². The zero-order valence-corrected chi connectivity index (χ0v) is 11.1. The predicted molar refractivity (Wildman–Crippen MR) is 67.5 cm³/mol. The summed E-state index contributed by atoms with van der Waals surface area (Å²) in [5.74, 6) is -2.45. The Hall–Kier alpha value is -1.30. The predicted octanol–water partition coefficient (Wildman–Crippen LogP) is 2.54. The third kappa shape index (κ3) is 2.41. The first kappa shape index (κ1) is 14.1. The molecule has 2 atom stereocenters. The van der Waals surface area contributed by atoms with E-state index in [2.05, 4.69) is 0 Å². The molecule has 1 aromatic carbocycles. The van der Waals surface area contributed by atoms with Gasteiger partial charge in [-0.1, -0.05) is 29.3 Å². The highest BCUT2D eigenvalue weighted by Crippen LogP contribution is 2.43. The number of carbonyl (C=O) groups is 2. The maximum Gasteiger partial charge on any atom is 0.340 e. The molecule has 1 saturated heterocycles. The van der Waals surface area contributed by atoms with Gasteiger partial charge in [0.05, 0.1) is 0 Å². The van der Waals surface area contributed by atoms with Gasteiger partial charge in [0.1, 0.15) is 0 Å². The smallest absolute Gasteiger partial charge is 0.340 e. The van der Waals surface area contributed by atoms with E-state index in [0.29, 0.717) is 5.02 Å². The highest BCUT2D eigenvalue weighted by atomic mass is 35.5. The Morgan fingerprint density at radius 1 is 1.32 bits per heavy atom. The van der Waals surface area contributed by atoms with Crippen LogP contribution >= 0.6 is 23.2 Å². The number of halogens is 2. The average molecular weight is 305 g/mol. The van der Waals surface area contributed by atoms with Gasteiger partial charge in [0.25, 0.3) is 0 Å². The SMILES string of the molecule is O=C(O)C1CCC(C(=O)O)(c2ccc(Cl)cc2Cl)O1. The van der Waals surface area contributed by atoms with E-state index in [0.717, 1.165) is 0 Å². The van der Waals surface area contributed by atoms with Gasteiger partial charge in [0.2, 0.25) is 0 Å². The average Bonchev–Trinajstić information content (AvgIpc) is 2.75. The lowest BCUT2D eigenvalue weighted by molar-refractivity contribution is -0.172. The molecule has 5 nitrogen and oxygen atoms in total. The molecule has 1 aromatic rings. The van der Waals surface area contributed by atoms with E-state index in [1.165, 1.54) is 18.2 Å². The second-order valence-electron chi connectivity index (χ2n) is 4.24. The number of rotatable bonds is 3. The third-order valence-electron chi connectivity index (χ3n) is 3.09. The molecule has 2 unspecified atom stereocenters. The van der Waals surface area contributed by atoms with Crippen LogP contribution in [0.2, 0.25) is 10.0 Å². The van der Waals surface area contributed by atoms with Crippen LogP contribution in [0, 0.1) is 0 Å². The number of carboxylic acid groups (broad SMARTS) is 2. The second-order valence-corrected chi connectivity index (χ2v) is 5.08.